The Morgan fingerprint density at radius 2 is 1.92 bits per heavy atom. The summed E-state index contributed by atoms with van der Waals surface area (Å²) in [6.45, 7) is 3.78. The predicted octanol–water partition coefficient (Wildman–Crippen LogP) is 4.46. The van der Waals surface area contributed by atoms with Crippen LogP contribution in [0.1, 0.15) is 34.6 Å². The third kappa shape index (κ3) is 3.72. The van der Waals surface area contributed by atoms with Crippen LogP contribution in [0.5, 0.6) is 0 Å². The summed E-state index contributed by atoms with van der Waals surface area (Å²) >= 11 is 5.79. The van der Waals surface area contributed by atoms with E-state index in [-0.39, 0.29) is 17.0 Å². The number of hydrogen-bond donors (Lipinski definition) is 1. The first kappa shape index (κ1) is 17.2. The molecule has 4 nitrogen and oxygen atoms in total. The Hall–Kier alpha value is -2.66. The van der Waals surface area contributed by atoms with Gasteiger partial charge < -0.3 is 5.32 Å². The van der Waals surface area contributed by atoms with Gasteiger partial charge in [-0.25, -0.2) is 9.07 Å². The highest BCUT2D eigenvalue weighted by Gasteiger charge is 2.13. The van der Waals surface area contributed by atoms with E-state index in [4.69, 9.17) is 11.6 Å². The lowest BCUT2D eigenvalue weighted by Crippen LogP contribution is -2.26. The summed E-state index contributed by atoms with van der Waals surface area (Å²) in [6, 6.07) is 13.2. The highest BCUT2D eigenvalue weighted by molar-refractivity contribution is 6.30. The Bertz CT molecular complexity index is 905. The van der Waals surface area contributed by atoms with Gasteiger partial charge in [0, 0.05) is 17.5 Å². The van der Waals surface area contributed by atoms with Crippen molar-refractivity contribution >= 4 is 17.5 Å². The molecule has 0 saturated carbocycles. The molecule has 1 heterocycles. The fourth-order valence-corrected chi connectivity index (χ4v) is 2.73. The Labute approximate surface area is 150 Å². The summed E-state index contributed by atoms with van der Waals surface area (Å²) in [7, 11) is 0. The number of nitrogens with zero attached hydrogens (tertiary/aromatic N) is 2. The number of amides is 1. The highest BCUT2D eigenvalue weighted by Crippen LogP contribution is 2.21. The van der Waals surface area contributed by atoms with Crippen molar-refractivity contribution in [2.45, 2.75) is 19.9 Å². The number of carbonyl (C=O) groups is 1. The molecular formula is C19H17ClFN3O. The first-order valence-corrected chi connectivity index (χ1v) is 8.20. The molecule has 6 heteroatoms. The van der Waals surface area contributed by atoms with Crippen LogP contribution >= 0.6 is 11.6 Å². The Kier molecular flexibility index (Phi) is 4.86. The molecule has 2 aromatic carbocycles. The topological polar surface area (TPSA) is 46.9 Å². The molecule has 1 aromatic heterocycles. The maximum absolute atomic E-state index is 13.2. The maximum atomic E-state index is 13.2. The summed E-state index contributed by atoms with van der Waals surface area (Å²) in [5.41, 5.74) is 3.17. The van der Waals surface area contributed by atoms with Crippen LogP contribution in [0, 0.1) is 12.7 Å². The number of aromatic nitrogens is 2. The first-order valence-electron chi connectivity index (χ1n) is 7.82. The zero-order valence-corrected chi connectivity index (χ0v) is 14.6. The second-order valence-electron chi connectivity index (χ2n) is 5.80. The molecule has 0 aliphatic carbocycles. The van der Waals surface area contributed by atoms with Crippen LogP contribution in [-0.2, 0) is 0 Å². The van der Waals surface area contributed by atoms with Crippen molar-refractivity contribution in [3.8, 4) is 5.69 Å². The number of benzene rings is 2. The van der Waals surface area contributed by atoms with Crippen molar-refractivity contribution in [1.82, 2.24) is 15.1 Å². The fraction of sp³-hybridized carbons (Fsp3) is 0.158. The van der Waals surface area contributed by atoms with Gasteiger partial charge in [-0.3, -0.25) is 4.79 Å². The third-order valence-electron chi connectivity index (χ3n) is 4.00. The largest absolute Gasteiger partial charge is 0.346 e. The molecule has 0 aliphatic heterocycles. The average molecular weight is 358 g/mol. The van der Waals surface area contributed by atoms with Crippen LogP contribution in [0.2, 0.25) is 5.02 Å². The molecule has 0 spiro atoms. The lowest BCUT2D eigenvalue weighted by molar-refractivity contribution is 0.0940. The number of rotatable bonds is 4. The van der Waals surface area contributed by atoms with Gasteiger partial charge in [0.05, 0.1) is 16.8 Å². The van der Waals surface area contributed by atoms with Gasteiger partial charge in [0.2, 0.25) is 0 Å². The molecule has 128 valence electrons. The summed E-state index contributed by atoms with van der Waals surface area (Å²) in [5, 5.41) is 7.16. The van der Waals surface area contributed by atoms with Crippen molar-refractivity contribution in [2.24, 2.45) is 0 Å². The van der Waals surface area contributed by atoms with Crippen molar-refractivity contribution in [3.63, 3.8) is 0 Å². The van der Waals surface area contributed by atoms with E-state index in [2.05, 4.69) is 10.4 Å². The minimum atomic E-state index is -0.478. The minimum absolute atomic E-state index is 0.0394. The van der Waals surface area contributed by atoms with Gasteiger partial charge in [-0.1, -0.05) is 17.7 Å². The average Bonchev–Trinajstić information content (AvgIpc) is 3.03. The monoisotopic (exact) mass is 357 g/mol. The normalized spacial score (nSPS) is 12.0. The lowest BCUT2D eigenvalue weighted by atomic mass is 10.1. The zero-order chi connectivity index (χ0) is 18.0. The molecule has 0 aliphatic rings. The van der Waals surface area contributed by atoms with E-state index in [9.17, 15) is 9.18 Å². The predicted molar refractivity (Wildman–Crippen MR) is 95.6 cm³/mol. The van der Waals surface area contributed by atoms with Gasteiger partial charge >= 0.3 is 0 Å². The van der Waals surface area contributed by atoms with E-state index in [1.165, 1.54) is 12.1 Å². The first-order chi connectivity index (χ1) is 12.0. The molecule has 0 bridgehead atoms. The van der Waals surface area contributed by atoms with Gasteiger partial charge in [-0.2, -0.15) is 5.10 Å². The van der Waals surface area contributed by atoms with Crippen LogP contribution in [0.3, 0.4) is 0 Å². The zero-order valence-electron chi connectivity index (χ0n) is 13.8. The molecule has 3 aromatic rings. The minimum Gasteiger partial charge on any atom is -0.346 e. The van der Waals surface area contributed by atoms with E-state index < -0.39 is 5.82 Å². The van der Waals surface area contributed by atoms with Crippen LogP contribution in [0.15, 0.2) is 54.7 Å². The molecule has 1 unspecified atom stereocenters. The number of halogens is 2. The van der Waals surface area contributed by atoms with Crippen molar-refractivity contribution in [3.05, 3.63) is 82.4 Å². The standard InChI is InChI=1S/C19H17ClFN3O/c1-12-9-10-22-24(12)16-6-3-14(4-7-16)19(25)23-13(2)15-5-8-18(21)17(20)11-15/h3-11,13H,1-2H3,(H,23,25). The summed E-state index contributed by atoms with van der Waals surface area (Å²) < 4.78 is 15.0. The number of nitrogens with one attached hydrogen (secondary N) is 1. The van der Waals surface area contributed by atoms with Crippen LogP contribution in [0.25, 0.3) is 5.69 Å². The van der Waals surface area contributed by atoms with Gasteiger partial charge in [-0.15, -0.1) is 0 Å². The van der Waals surface area contributed by atoms with Crippen LogP contribution in [-0.4, -0.2) is 15.7 Å². The smallest absolute Gasteiger partial charge is 0.251 e. The summed E-state index contributed by atoms with van der Waals surface area (Å²) in [4.78, 5) is 12.4. The van der Waals surface area contributed by atoms with Gasteiger partial charge in [0.1, 0.15) is 5.82 Å². The second-order valence-corrected chi connectivity index (χ2v) is 6.21. The fourth-order valence-electron chi connectivity index (χ4n) is 2.54. The summed E-state index contributed by atoms with van der Waals surface area (Å²) in [5.74, 6) is -0.690. The van der Waals surface area contributed by atoms with Crippen LogP contribution < -0.4 is 5.32 Å². The second kappa shape index (κ2) is 7.07. The number of aryl methyl sites for hydroxylation is 1. The molecule has 1 amide bonds. The number of carbonyl (C=O) groups excluding carboxylic acids is 1. The SMILES string of the molecule is Cc1ccnn1-c1ccc(C(=O)NC(C)c2ccc(F)c(Cl)c2)cc1. The van der Waals surface area contributed by atoms with Crippen molar-refractivity contribution in [1.29, 1.82) is 0 Å². The van der Waals surface area contributed by atoms with Crippen molar-refractivity contribution < 1.29 is 9.18 Å². The molecular weight excluding hydrogens is 341 g/mol. The quantitative estimate of drug-likeness (QED) is 0.749. The van der Waals surface area contributed by atoms with E-state index in [1.54, 1.807) is 29.1 Å². The maximum Gasteiger partial charge on any atom is 0.251 e. The van der Waals surface area contributed by atoms with Gasteiger partial charge in [-0.05, 0) is 61.9 Å². The Morgan fingerprint density at radius 1 is 1.20 bits per heavy atom. The number of hydrogen-bond acceptors (Lipinski definition) is 2. The van der Waals surface area contributed by atoms with Gasteiger partial charge in [0.25, 0.3) is 5.91 Å². The molecule has 0 saturated heterocycles. The Balaban J connectivity index is 1.72. The molecule has 3 rings (SSSR count). The van der Waals surface area contributed by atoms with Gasteiger partial charge in [0.15, 0.2) is 0 Å². The Morgan fingerprint density at radius 3 is 2.52 bits per heavy atom. The lowest BCUT2D eigenvalue weighted by Gasteiger charge is -2.15. The molecule has 1 atom stereocenters. The van der Waals surface area contributed by atoms with Crippen LogP contribution in [0.4, 0.5) is 4.39 Å². The molecule has 1 N–H and O–H groups in total. The summed E-state index contributed by atoms with van der Waals surface area (Å²) in [6.07, 6.45) is 1.73. The van der Waals surface area contributed by atoms with E-state index in [0.717, 1.165) is 16.9 Å². The van der Waals surface area contributed by atoms with E-state index in [0.29, 0.717) is 5.56 Å². The molecule has 0 fully saturated rings. The third-order valence-corrected chi connectivity index (χ3v) is 4.29. The van der Waals surface area contributed by atoms with Crippen molar-refractivity contribution in [2.75, 3.05) is 0 Å². The highest BCUT2D eigenvalue weighted by atomic mass is 35.5. The molecule has 0 radical (unpaired) electrons. The van der Waals surface area contributed by atoms with E-state index in [1.807, 2.05) is 32.0 Å². The molecule has 25 heavy (non-hydrogen) atoms. The van der Waals surface area contributed by atoms with E-state index >= 15 is 0 Å².